The summed E-state index contributed by atoms with van der Waals surface area (Å²) < 4.78 is 7.00. The Morgan fingerprint density at radius 3 is 2.30 bits per heavy atom. The van der Waals surface area contributed by atoms with E-state index in [1.807, 2.05) is 0 Å². The van der Waals surface area contributed by atoms with Crippen molar-refractivity contribution in [2.24, 2.45) is 0 Å². The van der Waals surface area contributed by atoms with E-state index in [0.29, 0.717) is 6.10 Å². The molecule has 2 aliphatic heterocycles. The van der Waals surface area contributed by atoms with Gasteiger partial charge in [0, 0.05) is 12.6 Å². The second kappa shape index (κ2) is 7.98. The fraction of sp³-hybridized carbons (Fsp3) is 0.895. The molecule has 0 N–H and O–H groups in total. The fourth-order valence-corrected chi connectivity index (χ4v) is 8.63. The lowest BCUT2D eigenvalue weighted by atomic mass is 9.89. The van der Waals surface area contributed by atoms with Crippen molar-refractivity contribution in [3.63, 3.8) is 0 Å². The lowest BCUT2D eigenvalue weighted by Gasteiger charge is -2.46. The van der Waals surface area contributed by atoms with Crippen molar-refractivity contribution in [2.75, 3.05) is 13.1 Å². The van der Waals surface area contributed by atoms with Crippen LogP contribution in [0, 0.1) is 0 Å². The highest BCUT2D eigenvalue weighted by molar-refractivity contribution is 6.81. The van der Waals surface area contributed by atoms with E-state index in [2.05, 4.69) is 51.0 Å². The standard InChI is InChI=1S/C19H39NOSi2/c1-7-23(8-2,9-3)21-19-14-18-12-10-11-13-20(18)15-17(19)16-22(4,5)6/h16,18-19H,7-15H2,1-6H3/b17-16-/t18-,19+/m0/s1. The number of nitrogens with zero attached hydrogens (tertiary/aromatic N) is 1. The first-order valence-electron chi connectivity index (χ1n) is 9.96. The van der Waals surface area contributed by atoms with Crippen molar-refractivity contribution in [1.82, 2.24) is 4.90 Å². The average molecular weight is 354 g/mol. The van der Waals surface area contributed by atoms with Crippen LogP contribution in [0.5, 0.6) is 0 Å². The van der Waals surface area contributed by atoms with E-state index in [4.69, 9.17) is 4.43 Å². The first-order valence-corrected chi connectivity index (χ1v) is 16.1. The van der Waals surface area contributed by atoms with Crippen molar-refractivity contribution in [3.8, 4) is 0 Å². The molecule has 0 radical (unpaired) electrons. The van der Waals surface area contributed by atoms with Gasteiger partial charge in [-0.05, 0) is 49.5 Å². The molecule has 2 saturated heterocycles. The summed E-state index contributed by atoms with van der Waals surface area (Å²) in [6.45, 7) is 16.9. The maximum Gasteiger partial charge on any atom is 0.192 e. The number of hydrogen-bond donors (Lipinski definition) is 0. The minimum atomic E-state index is -1.52. The van der Waals surface area contributed by atoms with Gasteiger partial charge in [0.1, 0.15) is 0 Å². The molecule has 23 heavy (non-hydrogen) atoms. The van der Waals surface area contributed by atoms with E-state index in [-0.39, 0.29) is 0 Å². The van der Waals surface area contributed by atoms with Crippen molar-refractivity contribution in [3.05, 3.63) is 11.3 Å². The Balaban J connectivity index is 2.23. The number of fused-ring (bicyclic) bond motifs is 1. The zero-order valence-corrected chi connectivity index (χ0v) is 18.5. The fourth-order valence-electron chi connectivity index (χ4n) is 4.39. The van der Waals surface area contributed by atoms with Gasteiger partial charge in [0.2, 0.25) is 0 Å². The van der Waals surface area contributed by atoms with Crippen molar-refractivity contribution < 1.29 is 4.43 Å². The van der Waals surface area contributed by atoms with Crippen LogP contribution in [-0.4, -0.2) is 46.5 Å². The van der Waals surface area contributed by atoms with E-state index < -0.39 is 16.4 Å². The molecule has 4 heteroatoms. The minimum absolute atomic E-state index is 0.424. The summed E-state index contributed by atoms with van der Waals surface area (Å²) in [4.78, 5) is 2.75. The van der Waals surface area contributed by atoms with Gasteiger partial charge in [0.25, 0.3) is 0 Å². The average Bonchev–Trinajstić information content (AvgIpc) is 2.51. The predicted octanol–water partition coefficient (Wildman–Crippen LogP) is 5.44. The van der Waals surface area contributed by atoms with E-state index >= 15 is 0 Å². The van der Waals surface area contributed by atoms with Crippen LogP contribution < -0.4 is 0 Å². The second-order valence-electron chi connectivity index (χ2n) is 8.79. The topological polar surface area (TPSA) is 12.5 Å². The lowest BCUT2D eigenvalue weighted by Crippen LogP contribution is -2.52. The normalized spacial score (nSPS) is 28.9. The molecule has 0 bridgehead atoms. The van der Waals surface area contributed by atoms with Crippen molar-refractivity contribution >= 4 is 16.4 Å². The molecule has 0 aliphatic carbocycles. The number of hydrogen-bond acceptors (Lipinski definition) is 2. The summed E-state index contributed by atoms with van der Waals surface area (Å²) in [5.41, 5.74) is 4.29. The van der Waals surface area contributed by atoms with Crippen molar-refractivity contribution in [1.29, 1.82) is 0 Å². The van der Waals surface area contributed by atoms with Gasteiger partial charge in [-0.15, -0.1) is 0 Å². The largest absolute Gasteiger partial charge is 0.410 e. The first-order chi connectivity index (χ1) is 10.8. The molecular formula is C19H39NOSi2. The maximum atomic E-state index is 7.00. The highest BCUT2D eigenvalue weighted by Crippen LogP contribution is 2.35. The van der Waals surface area contributed by atoms with E-state index in [1.165, 1.54) is 56.9 Å². The molecule has 0 aromatic carbocycles. The minimum Gasteiger partial charge on any atom is -0.410 e. The molecule has 2 nitrogen and oxygen atoms in total. The third-order valence-corrected chi connectivity index (χ3v) is 11.9. The second-order valence-corrected chi connectivity index (χ2v) is 18.5. The van der Waals surface area contributed by atoms with Gasteiger partial charge < -0.3 is 4.43 Å². The molecule has 0 aromatic heterocycles. The number of rotatable bonds is 6. The van der Waals surface area contributed by atoms with E-state index in [0.717, 1.165) is 6.04 Å². The van der Waals surface area contributed by atoms with Crippen LogP contribution >= 0.6 is 0 Å². The van der Waals surface area contributed by atoms with Crippen LogP contribution in [0.2, 0.25) is 37.8 Å². The molecule has 2 fully saturated rings. The van der Waals surface area contributed by atoms with Gasteiger partial charge >= 0.3 is 0 Å². The summed E-state index contributed by atoms with van der Waals surface area (Å²) in [5.74, 6) is 0. The highest BCUT2D eigenvalue weighted by Gasteiger charge is 2.39. The molecule has 134 valence electrons. The van der Waals surface area contributed by atoms with Gasteiger partial charge in [-0.1, -0.05) is 52.5 Å². The third-order valence-electron chi connectivity index (χ3n) is 5.98. The monoisotopic (exact) mass is 353 g/mol. The smallest absolute Gasteiger partial charge is 0.192 e. The summed E-state index contributed by atoms with van der Waals surface area (Å²) in [7, 11) is -2.72. The Hall–Kier alpha value is 0.0938. The zero-order valence-electron chi connectivity index (χ0n) is 16.5. The third kappa shape index (κ3) is 5.03. The Morgan fingerprint density at radius 1 is 1.09 bits per heavy atom. The summed E-state index contributed by atoms with van der Waals surface area (Å²) in [5, 5.41) is 0. The van der Waals surface area contributed by atoms with Crippen LogP contribution in [0.1, 0.15) is 46.5 Å². The number of piperidine rings is 2. The van der Waals surface area contributed by atoms with Gasteiger partial charge in [-0.25, -0.2) is 0 Å². The summed E-state index contributed by atoms with van der Waals surface area (Å²) >= 11 is 0. The molecule has 0 unspecified atom stereocenters. The predicted molar refractivity (Wildman–Crippen MR) is 107 cm³/mol. The van der Waals surface area contributed by atoms with Crippen LogP contribution in [-0.2, 0) is 4.43 Å². The Labute approximate surface area is 146 Å². The molecule has 0 saturated carbocycles. The van der Waals surface area contributed by atoms with E-state index in [9.17, 15) is 0 Å². The van der Waals surface area contributed by atoms with Crippen molar-refractivity contribution in [2.45, 2.75) is 96.4 Å². The SMILES string of the molecule is CC[Si](CC)(CC)O[C@@H]1C[C@@H]2CCCCN2C/C1=C/[Si](C)(C)C. The maximum absolute atomic E-state index is 7.00. The lowest BCUT2D eigenvalue weighted by molar-refractivity contribution is 0.0679. The van der Waals surface area contributed by atoms with Crippen LogP contribution in [0.3, 0.4) is 0 Å². The first kappa shape index (κ1) is 19.4. The van der Waals surface area contributed by atoms with Crippen LogP contribution in [0.25, 0.3) is 0 Å². The molecule has 2 aliphatic rings. The summed E-state index contributed by atoms with van der Waals surface area (Å²) in [6, 6.07) is 4.59. The van der Waals surface area contributed by atoms with Gasteiger partial charge in [-0.3, -0.25) is 4.90 Å². The van der Waals surface area contributed by atoms with Gasteiger partial charge in [0.05, 0.1) is 14.2 Å². The van der Waals surface area contributed by atoms with Crippen LogP contribution in [0.15, 0.2) is 11.3 Å². The molecule has 2 atom stereocenters. The molecule has 0 aromatic rings. The quantitative estimate of drug-likeness (QED) is 0.590. The zero-order chi connectivity index (χ0) is 17.1. The molecular weight excluding hydrogens is 314 g/mol. The van der Waals surface area contributed by atoms with Crippen LogP contribution in [0.4, 0.5) is 0 Å². The molecule has 0 amide bonds. The Morgan fingerprint density at radius 2 is 1.74 bits per heavy atom. The van der Waals surface area contributed by atoms with Gasteiger partial charge in [0.15, 0.2) is 8.32 Å². The van der Waals surface area contributed by atoms with Gasteiger partial charge in [-0.2, -0.15) is 0 Å². The highest BCUT2D eigenvalue weighted by atomic mass is 28.4. The summed E-state index contributed by atoms with van der Waals surface area (Å²) in [6.07, 6.45) is 5.87. The van der Waals surface area contributed by atoms with E-state index in [1.54, 1.807) is 5.57 Å². The Bertz CT molecular complexity index is 404. The Kier molecular flexibility index (Phi) is 6.74. The molecule has 2 rings (SSSR count). The molecule has 2 heterocycles. The molecule has 0 spiro atoms.